The number of hydrogen-bond donors (Lipinski definition) is 4. The smallest absolute Gasteiger partial charge is 0.298 e. The van der Waals surface area contributed by atoms with Gasteiger partial charge in [-0.3, -0.25) is 14.9 Å². The number of nitrogens with two attached hydrogens (primary N) is 1. The number of carbonyl (C=O) groups is 1. The van der Waals surface area contributed by atoms with E-state index in [4.69, 9.17) is 10.5 Å². The molecule has 0 spiro atoms. The second-order valence-corrected chi connectivity index (χ2v) is 11.7. The highest BCUT2D eigenvalue weighted by Gasteiger charge is 2.24. The number of hydrogen-bond acceptors (Lipinski definition) is 14. The third-order valence-corrected chi connectivity index (χ3v) is 8.15. The van der Waals surface area contributed by atoms with E-state index in [9.17, 15) is 37.5 Å². The molecule has 2 unspecified atom stereocenters. The fourth-order valence-electron chi connectivity index (χ4n) is 4.43. The average molecular weight is 703 g/mol. The molecule has 0 aliphatic rings. The Labute approximate surface area is 280 Å². The molecule has 5 N–H and O–H groups in total. The highest BCUT2D eigenvalue weighted by Crippen LogP contribution is 2.47. The van der Waals surface area contributed by atoms with Crippen LogP contribution in [0.3, 0.4) is 0 Å². The van der Waals surface area contributed by atoms with Gasteiger partial charge in [0.15, 0.2) is 27.9 Å². The van der Waals surface area contributed by atoms with Crippen molar-refractivity contribution >= 4 is 84.9 Å². The van der Waals surface area contributed by atoms with Gasteiger partial charge in [-0.15, -0.1) is 10.2 Å². The first-order valence-electron chi connectivity index (χ1n) is 13.6. The standard InChI is InChI=1S/C30H22N8O9S2/c1-16-11-19(7-10-23(16)35-33-18-3-2-4-21(12-18)47-15-39)34-36-24-14-25(48(43)44)22-13-26(49(45)46)29(30(40)27(22)28(24)31)37-32-17-5-8-20(9-6-17)38(41)42/h2-15,40H,31H2,1H3,(H,43,44)(H,45,46). The Kier molecular flexibility index (Phi) is 10.3. The molecule has 0 saturated heterocycles. The first kappa shape index (κ1) is 34.2. The maximum Gasteiger partial charge on any atom is 0.298 e. The molecule has 0 radical (unpaired) electrons. The summed E-state index contributed by atoms with van der Waals surface area (Å²) in [6.07, 6.45) is 0. The number of carbonyl (C=O) groups excluding carboxylic acids is 1. The van der Waals surface area contributed by atoms with E-state index in [1.165, 1.54) is 30.3 Å². The second kappa shape index (κ2) is 14.7. The van der Waals surface area contributed by atoms with Crippen LogP contribution in [-0.4, -0.2) is 34.0 Å². The van der Waals surface area contributed by atoms with Crippen LogP contribution in [0.5, 0.6) is 11.5 Å². The molecular weight excluding hydrogens is 681 g/mol. The summed E-state index contributed by atoms with van der Waals surface area (Å²) >= 11 is -5.43. The van der Waals surface area contributed by atoms with Gasteiger partial charge >= 0.3 is 0 Å². The average Bonchev–Trinajstić information content (AvgIpc) is 3.07. The van der Waals surface area contributed by atoms with E-state index in [0.717, 1.165) is 12.1 Å². The van der Waals surface area contributed by atoms with Gasteiger partial charge in [-0.2, -0.15) is 20.5 Å². The van der Waals surface area contributed by atoms with E-state index in [0.29, 0.717) is 34.8 Å². The fourth-order valence-corrected chi connectivity index (χ4v) is 5.51. The number of fused-ring (bicyclic) bond motifs is 1. The number of aryl methyl sites for hydroxylation is 1. The zero-order valence-corrected chi connectivity index (χ0v) is 26.5. The van der Waals surface area contributed by atoms with Crippen LogP contribution in [0.25, 0.3) is 10.8 Å². The molecule has 0 fully saturated rings. The molecule has 0 heterocycles. The van der Waals surface area contributed by atoms with Crippen molar-refractivity contribution in [2.45, 2.75) is 16.7 Å². The van der Waals surface area contributed by atoms with E-state index in [1.807, 2.05) is 0 Å². The topological polar surface area (TPSA) is 264 Å². The molecule has 0 amide bonds. The Morgan fingerprint density at radius 3 is 2.06 bits per heavy atom. The lowest BCUT2D eigenvalue weighted by molar-refractivity contribution is -0.384. The Morgan fingerprint density at radius 1 is 0.796 bits per heavy atom. The van der Waals surface area contributed by atoms with Gasteiger partial charge in [0.2, 0.25) is 0 Å². The summed E-state index contributed by atoms with van der Waals surface area (Å²) in [7, 11) is 0. The van der Waals surface area contributed by atoms with Crippen molar-refractivity contribution in [2.75, 3.05) is 5.73 Å². The van der Waals surface area contributed by atoms with Crippen molar-refractivity contribution in [1.82, 2.24) is 0 Å². The number of ether oxygens (including phenoxy) is 1. The van der Waals surface area contributed by atoms with Gasteiger partial charge in [-0.1, -0.05) is 6.07 Å². The van der Waals surface area contributed by atoms with Gasteiger partial charge in [0.25, 0.3) is 12.2 Å². The first-order chi connectivity index (χ1) is 23.5. The molecular formula is C30H22N8O9S2. The summed E-state index contributed by atoms with van der Waals surface area (Å²) in [5.74, 6) is -0.435. The zero-order valence-electron chi connectivity index (χ0n) is 24.9. The SMILES string of the molecule is Cc1cc(N=Nc2cc(S(=O)O)c3cc(S(=O)O)c(N=Nc4ccc([N+](=O)[O-])cc4)c(O)c3c2N)ccc1N=Nc1cccc(OC=O)c1. The van der Waals surface area contributed by atoms with Gasteiger partial charge < -0.3 is 24.7 Å². The molecule has 0 aromatic heterocycles. The quantitative estimate of drug-likeness (QED) is 0.0255. The van der Waals surface area contributed by atoms with Gasteiger partial charge in [-0.25, -0.2) is 8.42 Å². The van der Waals surface area contributed by atoms with E-state index in [2.05, 4.69) is 30.7 Å². The van der Waals surface area contributed by atoms with E-state index < -0.39 is 43.4 Å². The van der Waals surface area contributed by atoms with Gasteiger partial charge in [0.05, 0.1) is 48.5 Å². The minimum Gasteiger partial charge on any atom is -0.505 e. The molecule has 5 aromatic carbocycles. The number of nitrogen functional groups attached to an aromatic ring is 1. The number of azo groups is 3. The summed E-state index contributed by atoms with van der Waals surface area (Å²) in [5, 5.41) is 46.3. The predicted molar refractivity (Wildman–Crippen MR) is 178 cm³/mol. The van der Waals surface area contributed by atoms with Crippen molar-refractivity contribution in [3.8, 4) is 11.5 Å². The lowest BCUT2D eigenvalue weighted by atomic mass is 10.0. The van der Waals surface area contributed by atoms with E-state index in [-0.39, 0.29) is 38.4 Å². The van der Waals surface area contributed by atoms with Crippen molar-refractivity contribution in [2.24, 2.45) is 30.7 Å². The molecule has 0 saturated carbocycles. The second-order valence-electron chi connectivity index (χ2n) is 9.86. The number of nitrogens with zero attached hydrogens (tertiary/aromatic N) is 7. The molecule has 2 atom stereocenters. The monoisotopic (exact) mass is 702 g/mol. The number of benzene rings is 5. The first-order valence-corrected chi connectivity index (χ1v) is 15.8. The van der Waals surface area contributed by atoms with Crippen LogP contribution in [0.2, 0.25) is 0 Å². The molecule has 5 aromatic rings. The van der Waals surface area contributed by atoms with E-state index in [1.54, 1.807) is 43.3 Å². The van der Waals surface area contributed by atoms with Crippen LogP contribution in [0.15, 0.2) is 119 Å². The molecule has 248 valence electrons. The lowest BCUT2D eigenvalue weighted by Gasteiger charge is -2.14. The van der Waals surface area contributed by atoms with Gasteiger partial charge in [-0.05, 0) is 67.1 Å². The maximum atomic E-state index is 12.4. The number of phenols is 1. The molecule has 17 nitrogen and oxygen atoms in total. The fraction of sp³-hybridized carbons (Fsp3) is 0.0333. The third kappa shape index (κ3) is 7.71. The summed E-state index contributed by atoms with van der Waals surface area (Å²) in [4.78, 5) is 20.2. The zero-order chi connectivity index (χ0) is 35.2. The van der Waals surface area contributed by atoms with Crippen molar-refractivity contribution in [3.05, 3.63) is 94.5 Å². The maximum absolute atomic E-state index is 12.4. The van der Waals surface area contributed by atoms with Crippen LogP contribution in [0, 0.1) is 17.0 Å². The van der Waals surface area contributed by atoms with Crippen molar-refractivity contribution < 1.29 is 37.1 Å². The summed E-state index contributed by atoms with van der Waals surface area (Å²) in [6, 6.07) is 18.4. The minimum absolute atomic E-state index is 0.116. The van der Waals surface area contributed by atoms with Crippen LogP contribution in [-0.2, 0) is 27.0 Å². The van der Waals surface area contributed by atoms with Crippen molar-refractivity contribution in [1.29, 1.82) is 0 Å². The Hall–Kier alpha value is -6.15. The summed E-state index contributed by atoms with van der Waals surface area (Å²) in [5.41, 5.74) is 7.43. The van der Waals surface area contributed by atoms with Crippen LogP contribution >= 0.6 is 0 Å². The number of nitro groups is 1. The van der Waals surface area contributed by atoms with E-state index >= 15 is 0 Å². The van der Waals surface area contributed by atoms with Gasteiger partial charge in [0, 0.05) is 23.6 Å². The van der Waals surface area contributed by atoms with Crippen LogP contribution in [0.1, 0.15) is 5.56 Å². The van der Waals surface area contributed by atoms with Crippen LogP contribution in [0.4, 0.5) is 45.5 Å². The highest BCUT2D eigenvalue weighted by molar-refractivity contribution is 7.80. The lowest BCUT2D eigenvalue weighted by Crippen LogP contribution is -1.98. The Balaban J connectivity index is 1.52. The van der Waals surface area contributed by atoms with Gasteiger partial charge in [0.1, 0.15) is 17.1 Å². The summed E-state index contributed by atoms with van der Waals surface area (Å²) in [6.45, 7) is 2.06. The van der Waals surface area contributed by atoms with Crippen molar-refractivity contribution in [3.63, 3.8) is 0 Å². The number of nitro benzene ring substituents is 1. The molecule has 0 aliphatic carbocycles. The molecule has 49 heavy (non-hydrogen) atoms. The Bertz CT molecular complexity index is 2260. The predicted octanol–water partition coefficient (Wildman–Crippen LogP) is 8.29. The largest absolute Gasteiger partial charge is 0.505 e. The number of rotatable bonds is 11. The number of aromatic hydroxyl groups is 1. The molecule has 0 bridgehead atoms. The normalized spacial score (nSPS) is 13.0. The molecule has 5 rings (SSSR count). The summed E-state index contributed by atoms with van der Waals surface area (Å²) < 4.78 is 49.4. The Morgan fingerprint density at radius 2 is 1.43 bits per heavy atom. The highest BCUT2D eigenvalue weighted by atomic mass is 32.2. The number of phenolic OH excluding ortho intramolecular Hbond substituents is 1. The molecule has 0 aliphatic heterocycles. The number of anilines is 1. The minimum atomic E-state index is -2.75. The van der Waals surface area contributed by atoms with Crippen LogP contribution < -0.4 is 10.5 Å². The third-order valence-electron chi connectivity index (χ3n) is 6.75. The number of non-ortho nitro benzene ring substituents is 1. The molecule has 19 heteroatoms.